The Morgan fingerprint density at radius 1 is 1.12 bits per heavy atom. The van der Waals surface area contributed by atoms with Crippen molar-refractivity contribution in [2.75, 3.05) is 25.9 Å². The van der Waals surface area contributed by atoms with Crippen LogP contribution in [0.3, 0.4) is 0 Å². The fraction of sp³-hybridized carbons (Fsp3) is 0.524. The second-order valence-corrected chi connectivity index (χ2v) is 10.4. The van der Waals surface area contributed by atoms with Gasteiger partial charge in [-0.15, -0.1) is 0 Å². The van der Waals surface area contributed by atoms with Crippen LogP contribution in [0.2, 0.25) is 0 Å². The minimum Gasteiger partial charge on any atom is -0.337 e. The molecule has 2 aromatic rings. The van der Waals surface area contributed by atoms with Crippen molar-refractivity contribution in [3.63, 3.8) is 0 Å². The van der Waals surface area contributed by atoms with Gasteiger partial charge < -0.3 is 4.90 Å². The highest BCUT2D eigenvalue weighted by molar-refractivity contribution is 7.88. The number of halogens is 3. The molecule has 1 aromatic heterocycles. The van der Waals surface area contributed by atoms with Crippen molar-refractivity contribution < 1.29 is 26.4 Å². The normalized spacial score (nSPS) is 18.6. The Balaban J connectivity index is 1.51. The zero-order valence-electron chi connectivity index (χ0n) is 17.9. The number of nitrogens with zero attached hydrogens (tertiary/aromatic N) is 4. The van der Waals surface area contributed by atoms with Gasteiger partial charge in [-0.25, -0.2) is 8.42 Å². The maximum atomic E-state index is 13.4. The minimum absolute atomic E-state index is 0.0957. The van der Waals surface area contributed by atoms with Gasteiger partial charge in [0.15, 0.2) is 5.69 Å². The molecule has 32 heavy (non-hydrogen) atoms. The number of sulfonamides is 1. The Labute approximate surface area is 184 Å². The van der Waals surface area contributed by atoms with Crippen LogP contribution in [-0.2, 0) is 36.2 Å². The third-order valence-electron chi connectivity index (χ3n) is 6.37. The monoisotopic (exact) mass is 470 g/mol. The van der Waals surface area contributed by atoms with Gasteiger partial charge in [0.05, 0.1) is 11.8 Å². The molecule has 7 nitrogen and oxygen atoms in total. The van der Waals surface area contributed by atoms with Crippen molar-refractivity contribution in [2.45, 2.75) is 37.9 Å². The Bertz CT molecular complexity index is 1140. The number of piperidine rings is 1. The van der Waals surface area contributed by atoms with Crippen LogP contribution < -0.4 is 0 Å². The highest BCUT2D eigenvalue weighted by Gasteiger charge is 2.37. The van der Waals surface area contributed by atoms with Gasteiger partial charge in [0.1, 0.15) is 0 Å². The maximum absolute atomic E-state index is 13.4. The first-order valence-corrected chi connectivity index (χ1v) is 12.3. The molecule has 2 aliphatic rings. The number of amides is 1. The Morgan fingerprint density at radius 3 is 2.41 bits per heavy atom. The molecule has 174 valence electrons. The summed E-state index contributed by atoms with van der Waals surface area (Å²) >= 11 is 0. The number of benzene rings is 1. The lowest BCUT2D eigenvalue weighted by Crippen LogP contribution is -2.40. The molecule has 0 atom stereocenters. The second kappa shape index (κ2) is 8.18. The van der Waals surface area contributed by atoms with Gasteiger partial charge in [0.25, 0.3) is 5.91 Å². The molecule has 0 spiro atoms. The average Bonchev–Trinajstić information content (AvgIpc) is 3.08. The molecule has 0 saturated carbocycles. The largest absolute Gasteiger partial charge is 0.416 e. The molecule has 0 unspecified atom stereocenters. The fourth-order valence-electron chi connectivity index (χ4n) is 4.68. The van der Waals surface area contributed by atoms with Gasteiger partial charge >= 0.3 is 6.18 Å². The first kappa shape index (κ1) is 22.8. The molecule has 2 aliphatic heterocycles. The summed E-state index contributed by atoms with van der Waals surface area (Å²) in [5, 5.41) is 4.36. The smallest absolute Gasteiger partial charge is 0.337 e. The summed E-state index contributed by atoms with van der Waals surface area (Å²) in [6.07, 6.45) is -1.97. The number of hydrogen-bond acceptors (Lipinski definition) is 4. The van der Waals surface area contributed by atoms with Crippen LogP contribution in [0.1, 0.15) is 51.6 Å². The van der Waals surface area contributed by atoms with E-state index in [-0.39, 0.29) is 29.6 Å². The topological polar surface area (TPSA) is 75.5 Å². The van der Waals surface area contributed by atoms with Gasteiger partial charge in [-0.1, -0.05) is 18.2 Å². The Morgan fingerprint density at radius 2 is 1.78 bits per heavy atom. The first-order chi connectivity index (χ1) is 15.0. The van der Waals surface area contributed by atoms with Crippen LogP contribution >= 0.6 is 0 Å². The summed E-state index contributed by atoms with van der Waals surface area (Å²) in [6, 6.07) is 5.60. The lowest BCUT2D eigenvalue weighted by atomic mass is 9.86. The zero-order chi connectivity index (χ0) is 23.3. The molecular weight excluding hydrogens is 445 g/mol. The predicted octanol–water partition coefficient (Wildman–Crippen LogP) is 2.78. The van der Waals surface area contributed by atoms with Crippen molar-refractivity contribution in [1.82, 2.24) is 19.0 Å². The van der Waals surface area contributed by atoms with E-state index < -0.39 is 21.8 Å². The zero-order valence-corrected chi connectivity index (χ0v) is 18.7. The van der Waals surface area contributed by atoms with Crippen molar-refractivity contribution in [2.24, 2.45) is 7.05 Å². The molecule has 11 heteroatoms. The highest BCUT2D eigenvalue weighted by Crippen LogP contribution is 2.39. The molecule has 1 amide bonds. The molecule has 1 saturated heterocycles. The average molecular weight is 471 g/mol. The summed E-state index contributed by atoms with van der Waals surface area (Å²) in [4.78, 5) is 14.8. The fourth-order valence-corrected chi connectivity index (χ4v) is 5.46. The van der Waals surface area contributed by atoms with Crippen molar-refractivity contribution in [1.29, 1.82) is 0 Å². The molecular formula is C21H25F3N4O3S. The third kappa shape index (κ3) is 4.27. The van der Waals surface area contributed by atoms with Gasteiger partial charge in [-0.05, 0) is 30.4 Å². The second-order valence-electron chi connectivity index (χ2n) is 8.40. The summed E-state index contributed by atoms with van der Waals surface area (Å²) < 4.78 is 67.1. The van der Waals surface area contributed by atoms with Gasteiger partial charge in [-0.2, -0.15) is 22.6 Å². The number of carbonyl (C=O) groups excluding carboxylic acids is 1. The maximum Gasteiger partial charge on any atom is 0.416 e. The Kier molecular flexibility index (Phi) is 5.83. The van der Waals surface area contributed by atoms with E-state index in [0.717, 1.165) is 18.0 Å². The number of hydrogen-bond donors (Lipinski definition) is 0. The molecule has 3 heterocycles. The number of rotatable bonds is 3. The van der Waals surface area contributed by atoms with E-state index in [1.54, 1.807) is 22.7 Å². The molecule has 1 aromatic carbocycles. The standard InChI is InChI=1S/C21H25F3N4O3S/c1-26-18-9-12-28(32(2,30)31)13-16(18)19(25-26)20(29)27-10-7-14(8-11-27)15-5-3-4-6-17(15)21(22,23)24/h3-6,14H,7-13H2,1-2H3. The summed E-state index contributed by atoms with van der Waals surface area (Å²) in [7, 11) is -1.67. The Hall–Kier alpha value is -2.40. The number of carbonyl (C=O) groups is 1. The van der Waals surface area contributed by atoms with E-state index in [9.17, 15) is 26.4 Å². The molecule has 1 fully saturated rings. The summed E-state index contributed by atoms with van der Waals surface area (Å²) in [6.45, 7) is 1.06. The number of likely N-dealkylation sites (tertiary alicyclic amines) is 1. The van der Waals surface area contributed by atoms with Crippen LogP contribution in [0.15, 0.2) is 24.3 Å². The third-order valence-corrected chi connectivity index (χ3v) is 7.62. The van der Waals surface area contributed by atoms with Crippen LogP contribution in [0.5, 0.6) is 0 Å². The number of fused-ring (bicyclic) bond motifs is 1. The van der Waals surface area contributed by atoms with Gasteiger partial charge in [0.2, 0.25) is 10.0 Å². The first-order valence-electron chi connectivity index (χ1n) is 10.4. The van der Waals surface area contributed by atoms with E-state index >= 15 is 0 Å². The van der Waals surface area contributed by atoms with Gasteiger partial charge in [0, 0.05) is 50.9 Å². The SMILES string of the molecule is Cn1nc(C(=O)N2CCC(c3ccccc3C(F)(F)F)CC2)c2c1CCN(S(C)(=O)=O)C2. The number of aromatic nitrogens is 2. The lowest BCUT2D eigenvalue weighted by Gasteiger charge is -2.33. The molecule has 4 rings (SSSR count). The van der Waals surface area contributed by atoms with E-state index in [4.69, 9.17) is 0 Å². The van der Waals surface area contributed by atoms with E-state index in [0.29, 0.717) is 44.5 Å². The quantitative estimate of drug-likeness (QED) is 0.692. The molecule has 0 aliphatic carbocycles. The van der Waals surface area contributed by atoms with Crippen molar-refractivity contribution >= 4 is 15.9 Å². The van der Waals surface area contributed by atoms with E-state index in [2.05, 4.69) is 5.10 Å². The molecule has 0 N–H and O–H groups in total. The molecule has 0 radical (unpaired) electrons. The van der Waals surface area contributed by atoms with Gasteiger partial charge in [-0.3, -0.25) is 9.48 Å². The molecule has 0 bridgehead atoms. The minimum atomic E-state index is -4.41. The summed E-state index contributed by atoms with van der Waals surface area (Å²) in [5.74, 6) is -0.588. The van der Waals surface area contributed by atoms with Crippen LogP contribution in [0.25, 0.3) is 0 Å². The predicted molar refractivity (Wildman–Crippen MR) is 111 cm³/mol. The van der Waals surface area contributed by atoms with Crippen molar-refractivity contribution in [3.05, 3.63) is 52.3 Å². The number of aryl methyl sites for hydroxylation is 1. The van der Waals surface area contributed by atoms with Crippen LogP contribution in [-0.4, -0.2) is 59.2 Å². The van der Waals surface area contributed by atoms with Crippen LogP contribution in [0.4, 0.5) is 13.2 Å². The number of alkyl halides is 3. The van der Waals surface area contributed by atoms with E-state index in [1.165, 1.54) is 16.4 Å². The van der Waals surface area contributed by atoms with Crippen LogP contribution in [0, 0.1) is 0 Å². The lowest BCUT2D eigenvalue weighted by molar-refractivity contribution is -0.138. The van der Waals surface area contributed by atoms with E-state index in [1.807, 2.05) is 0 Å². The summed E-state index contributed by atoms with van der Waals surface area (Å²) in [5.41, 5.74) is 1.32. The van der Waals surface area contributed by atoms with Crippen molar-refractivity contribution in [3.8, 4) is 0 Å². The highest BCUT2D eigenvalue weighted by atomic mass is 32.2.